The number of amides is 1. The standard InChI is InChI=1S/C19H17N3O3/c23-18-17-16(20-11-21-18)15(10-22(17)14-7-2-1-3-8-14)12-5-4-6-13(9-12)19(24)25/h1-10,16-17,20H,11H2,(H,21,23)(H,24,25). The van der Waals surface area contributed by atoms with Crippen molar-refractivity contribution < 1.29 is 14.7 Å². The second-order valence-electron chi connectivity index (χ2n) is 6.06. The summed E-state index contributed by atoms with van der Waals surface area (Å²) < 4.78 is 0. The number of nitrogens with zero attached hydrogens (tertiary/aromatic N) is 1. The first kappa shape index (κ1) is 15.4. The highest BCUT2D eigenvalue weighted by molar-refractivity contribution is 5.96. The van der Waals surface area contributed by atoms with Gasteiger partial charge in [0.15, 0.2) is 0 Å². The van der Waals surface area contributed by atoms with Gasteiger partial charge in [-0.2, -0.15) is 0 Å². The van der Waals surface area contributed by atoms with Gasteiger partial charge < -0.3 is 15.3 Å². The Labute approximate surface area is 144 Å². The van der Waals surface area contributed by atoms with Crippen LogP contribution in [0.2, 0.25) is 0 Å². The smallest absolute Gasteiger partial charge is 0.335 e. The van der Waals surface area contributed by atoms with Crippen molar-refractivity contribution in [2.45, 2.75) is 12.1 Å². The maximum Gasteiger partial charge on any atom is 0.335 e. The number of para-hydroxylation sites is 1. The van der Waals surface area contributed by atoms with Crippen LogP contribution in [-0.4, -0.2) is 35.7 Å². The topological polar surface area (TPSA) is 81.7 Å². The molecule has 126 valence electrons. The van der Waals surface area contributed by atoms with E-state index in [-0.39, 0.29) is 17.5 Å². The molecular formula is C19H17N3O3. The lowest BCUT2D eigenvalue weighted by atomic mass is 9.94. The van der Waals surface area contributed by atoms with Gasteiger partial charge >= 0.3 is 5.97 Å². The molecule has 0 saturated carbocycles. The molecule has 0 bridgehead atoms. The lowest BCUT2D eigenvalue weighted by Crippen LogP contribution is -2.61. The fourth-order valence-electron chi connectivity index (χ4n) is 3.41. The number of carboxylic acid groups (broad SMARTS) is 1. The SMILES string of the molecule is O=C(O)c1cccc(C2=CN(c3ccccc3)C3C(=O)NCNC23)c1. The van der Waals surface area contributed by atoms with Gasteiger partial charge in [0.1, 0.15) is 6.04 Å². The molecule has 0 radical (unpaired) electrons. The van der Waals surface area contributed by atoms with E-state index in [1.165, 1.54) is 0 Å². The van der Waals surface area contributed by atoms with Crippen LogP contribution < -0.4 is 15.5 Å². The molecule has 4 rings (SSSR count). The maximum atomic E-state index is 12.5. The summed E-state index contributed by atoms with van der Waals surface area (Å²) in [6.07, 6.45) is 1.93. The van der Waals surface area contributed by atoms with Crippen LogP contribution >= 0.6 is 0 Å². The van der Waals surface area contributed by atoms with Crippen LogP contribution in [0.1, 0.15) is 15.9 Å². The average molecular weight is 335 g/mol. The Morgan fingerprint density at radius 1 is 1.12 bits per heavy atom. The zero-order valence-corrected chi connectivity index (χ0v) is 13.3. The number of carbonyl (C=O) groups excluding carboxylic acids is 1. The molecule has 6 nitrogen and oxygen atoms in total. The number of carboxylic acids is 1. The molecule has 1 fully saturated rings. The van der Waals surface area contributed by atoms with Crippen LogP contribution in [0.25, 0.3) is 5.57 Å². The third kappa shape index (κ3) is 2.66. The van der Waals surface area contributed by atoms with E-state index in [1.54, 1.807) is 18.2 Å². The quantitative estimate of drug-likeness (QED) is 0.795. The van der Waals surface area contributed by atoms with Crippen molar-refractivity contribution in [1.82, 2.24) is 10.6 Å². The van der Waals surface area contributed by atoms with Gasteiger partial charge in [-0.1, -0.05) is 30.3 Å². The fourth-order valence-corrected chi connectivity index (χ4v) is 3.41. The molecule has 1 amide bonds. The molecule has 0 aromatic heterocycles. The van der Waals surface area contributed by atoms with E-state index in [2.05, 4.69) is 10.6 Å². The summed E-state index contributed by atoms with van der Waals surface area (Å²) in [5, 5.41) is 15.4. The number of hydrogen-bond acceptors (Lipinski definition) is 4. The second kappa shape index (κ2) is 6.07. The number of rotatable bonds is 3. The average Bonchev–Trinajstić information content (AvgIpc) is 3.04. The van der Waals surface area contributed by atoms with Crippen LogP contribution in [0, 0.1) is 0 Å². The molecule has 2 unspecified atom stereocenters. The van der Waals surface area contributed by atoms with Crippen LogP contribution in [0.4, 0.5) is 5.69 Å². The molecule has 2 aliphatic rings. The van der Waals surface area contributed by atoms with Crippen molar-refractivity contribution in [2.24, 2.45) is 0 Å². The summed E-state index contributed by atoms with van der Waals surface area (Å²) in [6, 6.07) is 15.9. The van der Waals surface area contributed by atoms with Gasteiger partial charge in [0.05, 0.1) is 18.3 Å². The Morgan fingerprint density at radius 3 is 2.68 bits per heavy atom. The summed E-state index contributed by atoms with van der Waals surface area (Å²) in [7, 11) is 0. The van der Waals surface area contributed by atoms with Gasteiger partial charge in [0, 0.05) is 11.9 Å². The van der Waals surface area contributed by atoms with Crippen molar-refractivity contribution in [3.8, 4) is 0 Å². The number of anilines is 1. The third-order valence-corrected chi connectivity index (χ3v) is 4.58. The first-order chi connectivity index (χ1) is 12.1. The van der Waals surface area contributed by atoms with Gasteiger partial charge in [0.25, 0.3) is 0 Å². The molecule has 0 spiro atoms. The number of benzene rings is 2. The number of carbonyl (C=O) groups is 2. The number of hydrogen-bond donors (Lipinski definition) is 3. The third-order valence-electron chi connectivity index (χ3n) is 4.58. The summed E-state index contributed by atoms with van der Waals surface area (Å²) >= 11 is 0. The van der Waals surface area contributed by atoms with Crippen LogP contribution in [0.15, 0.2) is 60.8 Å². The molecule has 0 aliphatic carbocycles. The largest absolute Gasteiger partial charge is 0.478 e. The van der Waals surface area contributed by atoms with E-state index in [0.717, 1.165) is 16.8 Å². The van der Waals surface area contributed by atoms with Crippen molar-refractivity contribution in [2.75, 3.05) is 11.6 Å². The summed E-state index contributed by atoms with van der Waals surface area (Å²) in [6.45, 7) is 0.387. The molecule has 3 N–H and O–H groups in total. The van der Waals surface area contributed by atoms with Crippen molar-refractivity contribution in [1.29, 1.82) is 0 Å². The maximum absolute atomic E-state index is 12.5. The predicted molar refractivity (Wildman–Crippen MR) is 94.0 cm³/mol. The first-order valence-corrected chi connectivity index (χ1v) is 8.05. The van der Waals surface area contributed by atoms with E-state index in [1.807, 2.05) is 47.5 Å². The van der Waals surface area contributed by atoms with E-state index >= 15 is 0 Å². The molecule has 25 heavy (non-hydrogen) atoms. The minimum atomic E-state index is -0.966. The zero-order chi connectivity index (χ0) is 17.4. The van der Waals surface area contributed by atoms with Gasteiger partial charge in [-0.3, -0.25) is 10.1 Å². The summed E-state index contributed by atoms with van der Waals surface area (Å²) in [5.41, 5.74) is 2.86. The molecule has 2 aromatic carbocycles. The van der Waals surface area contributed by atoms with Gasteiger partial charge in [0.2, 0.25) is 5.91 Å². The van der Waals surface area contributed by atoms with Gasteiger partial charge in [-0.25, -0.2) is 4.79 Å². The first-order valence-electron chi connectivity index (χ1n) is 8.05. The Balaban J connectivity index is 1.79. The monoisotopic (exact) mass is 335 g/mol. The fraction of sp³-hybridized carbons (Fsp3) is 0.158. The number of nitrogens with one attached hydrogen (secondary N) is 2. The van der Waals surface area contributed by atoms with Crippen LogP contribution in [-0.2, 0) is 4.79 Å². The Bertz CT molecular complexity index is 863. The Hall–Kier alpha value is -3.12. The Morgan fingerprint density at radius 2 is 1.92 bits per heavy atom. The van der Waals surface area contributed by atoms with Gasteiger partial charge in [-0.05, 0) is 35.4 Å². The molecule has 2 aromatic rings. The molecule has 2 heterocycles. The van der Waals surface area contributed by atoms with Gasteiger partial charge in [-0.15, -0.1) is 0 Å². The number of fused-ring (bicyclic) bond motifs is 1. The summed E-state index contributed by atoms with van der Waals surface area (Å²) in [5.74, 6) is -1.01. The van der Waals surface area contributed by atoms with Crippen molar-refractivity contribution in [3.63, 3.8) is 0 Å². The van der Waals surface area contributed by atoms with E-state index in [4.69, 9.17) is 0 Å². The Kier molecular flexibility index (Phi) is 3.74. The van der Waals surface area contributed by atoms with E-state index in [0.29, 0.717) is 6.67 Å². The highest BCUT2D eigenvalue weighted by atomic mass is 16.4. The minimum absolute atomic E-state index is 0.0479. The predicted octanol–water partition coefficient (Wildman–Crippen LogP) is 1.66. The van der Waals surface area contributed by atoms with E-state index in [9.17, 15) is 14.7 Å². The van der Waals surface area contributed by atoms with Crippen LogP contribution in [0.3, 0.4) is 0 Å². The van der Waals surface area contributed by atoms with Crippen molar-refractivity contribution in [3.05, 3.63) is 71.9 Å². The second-order valence-corrected chi connectivity index (χ2v) is 6.06. The molecular weight excluding hydrogens is 318 g/mol. The highest BCUT2D eigenvalue weighted by Crippen LogP contribution is 2.35. The van der Waals surface area contributed by atoms with E-state index < -0.39 is 12.0 Å². The van der Waals surface area contributed by atoms with Crippen LogP contribution in [0.5, 0.6) is 0 Å². The van der Waals surface area contributed by atoms with Crippen molar-refractivity contribution >= 4 is 23.1 Å². The molecule has 6 heteroatoms. The summed E-state index contributed by atoms with van der Waals surface area (Å²) in [4.78, 5) is 25.7. The molecule has 2 atom stereocenters. The lowest BCUT2D eigenvalue weighted by Gasteiger charge is -2.33. The minimum Gasteiger partial charge on any atom is -0.478 e. The molecule has 2 aliphatic heterocycles. The molecule has 1 saturated heterocycles. The highest BCUT2D eigenvalue weighted by Gasteiger charge is 2.43. The lowest BCUT2D eigenvalue weighted by molar-refractivity contribution is -0.123. The zero-order valence-electron chi connectivity index (χ0n) is 13.3. The normalized spacial score (nSPS) is 22.2. The number of aromatic carboxylic acids is 1.